The minimum atomic E-state index is -0.382. The van der Waals surface area contributed by atoms with E-state index in [2.05, 4.69) is 13.0 Å². The molecule has 23 heavy (non-hydrogen) atoms. The molecule has 0 rings (SSSR count). The first-order chi connectivity index (χ1) is 10.7. The molecule has 0 N–H and O–H groups in total. The van der Waals surface area contributed by atoms with Crippen LogP contribution in [0.1, 0.15) is 67.2 Å². The Kier molecular flexibility index (Phi) is 10.3. The molecule has 0 fully saturated rings. The number of allylic oxidation sites excluding steroid dienone is 3. The number of rotatable bonds is 11. The molecule has 0 aromatic carbocycles. The van der Waals surface area contributed by atoms with Crippen LogP contribution in [0.15, 0.2) is 23.8 Å². The Morgan fingerprint density at radius 1 is 1.22 bits per heavy atom. The van der Waals surface area contributed by atoms with E-state index in [1.807, 2.05) is 40.7 Å². The number of hydrogen-bond acceptors (Lipinski definition) is 4. The van der Waals surface area contributed by atoms with Crippen molar-refractivity contribution in [3.63, 3.8) is 0 Å². The summed E-state index contributed by atoms with van der Waals surface area (Å²) in [7, 11) is 0. The summed E-state index contributed by atoms with van der Waals surface area (Å²) in [6.07, 6.45) is 9.38. The average Bonchev–Trinajstić information content (AvgIpc) is 2.36. The van der Waals surface area contributed by atoms with Gasteiger partial charge in [-0.3, -0.25) is 4.79 Å². The Labute approximate surface area is 140 Å². The first-order valence-corrected chi connectivity index (χ1v) is 8.33. The van der Waals surface area contributed by atoms with Gasteiger partial charge in [-0.15, -0.1) is 0 Å². The maximum atomic E-state index is 11.5. The zero-order valence-electron chi connectivity index (χ0n) is 15.4. The molecular weight excluding hydrogens is 292 g/mol. The van der Waals surface area contributed by atoms with Crippen LogP contribution in [0.4, 0.5) is 0 Å². The van der Waals surface area contributed by atoms with E-state index in [1.54, 1.807) is 0 Å². The van der Waals surface area contributed by atoms with E-state index in [1.165, 1.54) is 6.08 Å². The minimum absolute atomic E-state index is 0.0944. The molecule has 1 atom stereocenters. The summed E-state index contributed by atoms with van der Waals surface area (Å²) >= 11 is 0. The van der Waals surface area contributed by atoms with Gasteiger partial charge in [0.05, 0.1) is 6.10 Å². The second-order valence-electron chi connectivity index (χ2n) is 6.98. The van der Waals surface area contributed by atoms with Gasteiger partial charge in [0, 0.05) is 6.08 Å². The smallest absolute Gasteiger partial charge is 0.331 e. The third-order valence-electron chi connectivity index (χ3n) is 3.46. The van der Waals surface area contributed by atoms with Crippen LogP contribution in [0.5, 0.6) is 0 Å². The molecule has 1 unspecified atom stereocenters. The molecule has 4 heteroatoms. The van der Waals surface area contributed by atoms with E-state index >= 15 is 0 Å². The van der Waals surface area contributed by atoms with E-state index < -0.39 is 0 Å². The summed E-state index contributed by atoms with van der Waals surface area (Å²) in [5, 5.41) is 0. The van der Waals surface area contributed by atoms with Gasteiger partial charge < -0.3 is 9.47 Å². The molecule has 0 heterocycles. The van der Waals surface area contributed by atoms with Crippen LogP contribution < -0.4 is 0 Å². The lowest BCUT2D eigenvalue weighted by Gasteiger charge is -2.22. The van der Waals surface area contributed by atoms with E-state index in [0.29, 0.717) is 12.4 Å². The lowest BCUT2D eigenvalue weighted by molar-refractivity contribution is -0.142. The first kappa shape index (κ1) is 21.4. The molecule has 0 saturated carbocycles. The van der Waals surface area contributed by atoms with Crippen molar-refractivity contribution in [1.29, 1.82) is 0 Å². The zero-order chi connectivity index (χ0) is 17.9. The second kappa shape index (κ2) is 11.0. The predicted molar refractivity (Wildman–Crippen MR) is 93.0 cm³/mol. The van der Waals surface area contributed by atoms with Crippen molar-refractivity contribution in [2.24, 2.45) is 5.92 Å². The van der Waals surface area contributed by atoms with Crippen LogP contribution in [0.2, 0.25) is 0 Å². The third kappa shape index (κ3) is 12.6. The molecule has 0 saturated heterocycles. The van der Waals surface area contributed by atoms with Crippen molar-refractivity contribution in [2.75, 3.05) is 0 Å². The third-order valence-corrected chi connectivity index (χ3v) is 3.46. The minimum Gasteiger partial charge on any atom is -0.462 e. The van der Waals surface area contributed by atoms with Crippen LogP contribution in [0, 0.1) is 5.92 Å². The van der Waals surface area contributed by atoms with Gasteiger partial charge in [-0.1, -0.05) is 25.5 Å². The monoisotopic (exact) mass is 324 g/mol. The van der Waals surface area contributed by atoms with Crippen molar-refractivity contribution in [3.8, 4) is 0 Å². The fourth-order valence-electron chi connectivity index (χ4n) is 2.17. The number of carbonyl (C=O) groups excluding carboxylic acids is 2. The molecule has 0 aliphatic carbocycles. The Bertz CT molecular complexity index is 419. The largest absolute Gasteiger partial charge is 0.462 e. The lowest BCUT2D eigenvalue weighted by atomic mass is 9.95. The van der Waals surface area contributed by atoms with E-state index in [-0.39, 0.29) is 17.7 Å². The predicted octanol–water partition coefficient (Wildman–Crippen LogP) is 4.59. The molecule has 4 nitrogen and oxygen atoms in total. The molecule has 0 aromatic rings. The topological polar surface area (TPSA) is 52.6 Å². The van der Waals surface area contributed by atoms with Gasteiger partial charge in [0.2, 0.25) is 0 Å². The molecule has 0 aliphatic rings. The molecule has 0 aliphatic heterocycles. The molecule has 0 spiro atoms. The van der Waals surface area contributed by atoms with Crippen LogP contribution in [-0.2, 0) is 19.1 Å². The standard InChI is InChI=1S/C19H32O4/c1-15(2)23-18(21)13-17(4)10-7-9-16(3)11-8-12-19(5,6)22-14-20/h7,10,13-16H,8-9,11-12H2,1-6H3/b10-7+,17-13+. The van der Waals surface area contributed by atoms with Gasteiger partial charge in [-0.25, -0.2) is 4.79 Å². The summed E-state index contributed by atoms with van der Waals surface area (Å²) < 4.78 is 10.1. The highest BCUT2D eigenvalue weighted by Gasteiger charge is 2.18. The van der Waals surface area contributed by atoms with E-state index in [9.17, 15) is 9.59 Å². The Balaban J connectivity index is 4.08. The Morgan fingerprint density at radius 3 is 2.43 bits per heavy atom. The first-order valence-electron chi connectivity index (χ1n) is 8.33. The SMILES string of the molecule is CC(/C=C/CC(C)CCCC(C)(C)OC=O)=C\C(=O)OC(C)C. The van der Waals surface area contributed by atoms with Crippen molar-refractivity contribution in [1.82, 2.24) is 0 Å². The molecular formula is C19H32O4. The van der Waals surface area contributed by atoms with Crippen LogP contribution >= 0.6 is 0 Å². The van der Waals surface area contributed by atoms with Gasteiger partial charge in [0.15, 0.2) is 0 Å². The van der Waals surface area contributed by atoms with Crippen molar-refractivity contribution in [2.45, 2.75) is 78.9 Å². The average molecular weight is 324 g/mol. The number of esters is 1. The lowest BCUT2D eigenvalue weighted by Crippen LogP contribution is -2.23. The number of carbonyl (C=O) groups is 2. The van der Waals surface area contributed by atoms with Crippen molar-refractivity contribution >= 4 is 12.4 Å². The van der Waals surface area contributed by atoms with Gasteiger partial charge in [-0.05, 0) is 65.4 Å². The van der Waals surface area contributed by atoms with Gasteiger partial charge in [-0.2, -0.15) is 0 Å². The fourth-order valence-corrected chi connectivity index (χ4v) is 2.17. The fraction of sp³-hybridized carbons (Fsp3) is 0.684. The molecule has 0 radical (unpaired) electrons. The number of hydrogen-bond donors (Lipinski definition) is 0. The van der Waals surface area contributed by atoms with Crippen molar-refractivity contribution in [3.05, 3.63) is 23.8 Å². The molecule has 0 bridgehead atoms. The quantitative estimate of drug-likeness (QED) is 0.241. The summed E-state index contributed by atoms with van der Waals surface area (Å²) in [4.78, 5) is 21.9. The van der Waals surface area contributed by atoms with Gasteiger partial charge in [0.1, 0.15) is 5.60 Å². The normalized spacial score (nSPS) is 14.1. The molecule has 132 valence electrons. The summed E-state index contributed by atoms with van der Waals surface area (Å²) in [5.74, 6) is 0.251. The zero-order valence-corrected chi connectivity index (χ0v) is 15.4. The maximum absolute atomic E-state index is 11.5. The van der Waals surface area contributed by atoms with Gasteiger partial charge in [0.25, 0.3) is 6.47 Å². The highest BCUT2D eigenvalue weighted by Crippen LogP contribution is 2.20. The summed E-state index contributed by atoms with van der Waals surface area (Å²) in [5.41, 5.74) is 0.510. The second-order valence-corrected chi connectivity index (χ2v) is 6.98. The Morgan fingerprint density at radius 2 is 1.87 bits per heavy atom. The highest BCUT2D eigenvalue weighted by atomic mass is 16.5. The van der Waals surface area contributed by atoms with Crippen LogP contribution in [0.3, 0.4) is 0 Å². The van der Waals surface area contributed by atoms with Crippen molar-refractivity contribution < 1.29 is 19.1 Å². The van der Waals surface area contributed by atoms with Crippen LogP contribution in [-0.4, -0.2) is 24.1 Å². The number of ether oxygens (including phenoxy) is 2. The van der Waals surface area contributed by atoms with Gasteiger partial charge >= 0.3 is 5.97 Å². The highest BCUT2D eigenvalue weighted by molar-refractivity contribution is 5.83. The summed E-state index contributed by atoms with van der Waals surface area (Å²) in [6.45, 7) is 12.1. The van der Waals surface area contributed by atoms with E-state index in [4.69, 9.17) is 9.47 Å². The van der Waals surface area contributed by atoms with E-state index in [0.717, 1.165) is 31.3 Å². The maximum Gasteiger partial charge on any atom is 0.331 e. The van der Waals surface area contributed by atoms with Crippen LogP contribution in [0.25, 0.3) is 0 Å². The molecule has 0 aromatic heterocycles. The summed E-state index contributed by atoms with van der Waals surface area (Å²) in [6, 6.07) is 0. The molecule has 0 amide bonds. The Hall–Kier alpha value is -1.58.